The maximum absolute atomic E-state index is 12.8. The molecule has 25 heavy (non-hydrogen) atoms. The molecule has 4 amide bonds. The van der Waals surface area contributed by atoms with E-state index in [2.05, 4.69) is 16.0 Å². The van der Waals surface area contributed by atoms with E-state index in [0.29, 0.717) is 12.1 Å². The number of nitrogens with one attached hydrogen (secondary N) is 3. The fourth-order valence-corrected chi connectivity index (χ4v) is 3.29. The first-order valence-electron chi connectivity index (χ1n) is 8.61. The van der Waals surface area contributed by atoms with Gasteiger partial charge < -0.3 is 16.0 Å². The predicted molar refractivity (Wildman–Crippen MR) is 92.8 cm³/mol. The summed E-state index contributed by atoms with van der Waals surface area (Å²) in [6, 6.07) is 7.16. The van der Waals surface area contributed by atoms with E-state index in [1.165, 1.54) is 0 Å². The second kappa shape index (κ2) is 6.84. The van der Waals surface area contributed by atoms with Gasteiger partial charge in [0.25, 0.3) is 5.91 Å². The molecule has 0 saturated carbocycles. The molecule has 2 atom stereocenters. The van der Waals surface area contributed by atoms with Crippen molar-refractivity contribution in [2.75, 3.05) is 19.6 Å². The largest absolute Gasteiger partial charge is 0.353 e. The number of amides is 4. The summed E-state index contributed by atoms with van der Waals surface area (Å²) in [6.45, 7) is 4.83. The monoisotopic (exact) mass is 344 g/mol. The fraction of sp³-hybridized carbons (Fsp3) is 0.500. The van der Waals surface area contributed by atoms with Crippen molar-refractivity contribution in [3.8, 4) is 0 Å². The lowest BCUT2D eigenvalue weighted by molar-refractivity contribution is -0.134. The highest BCUT2D eigenvalue weighted by molar-refractivity contribution is 6.09. The van der Waals surface area contributed by atoms with Gasteiger partial charge in [-0.15, -0.1) is 0 Å². The zero-order valence-electron chi connectivity index (χ0n) is 14.6. The van der Waals surface area contributed by atoms with Crippen LogP contribution in [0.15, 0.2) is 24.3 Å². The SMILES string of the molecule is Cc1ccc(C2(C)NC(=O)N(CC(=O)NCC3CCCN3)C2=O)cc1. The van der Waals surface area contributed by atoms with Crippen LogP contribution < -0.4 is 16.0 Å². The van der Waals surface area contributed by atoms with Gasteiger partial charge >= 0.3 is 6.03 Å². The normalized spacial score (nSPS) is 26.0. The van der Waals surface area contributed by atoms with Crippen molar-refractivity contribution in [1.82, 2.24) is 20.9 Å². The minimum atomic E-state index is -1.14. The number of nitrogens with zero attached hydrogens (tertiary/aromatic N) is 1. The molecule has 7 heteroatoms. The molecule has 1 aromatic carbocycles. The quantitative estimate of drug-likeness (QED) is 0.684. The molecule has 2 aliphatic rings. The van der Waals surface area contributed by atoms with E-state index in [1.54, 1.807) is 6.92 Å². The number of hydrogen-bond acceptors (Lipinski definition) is 4. The lowest BCUT2D eigenvalue weighted by Crippen LogP contribution is -2.45. The van der Waals surface area contributed by atoms with E-state index in [1.807, 2.05) is 31.2 Å². The van der Waals surface area contributed by atoms with Crippen molar-refractivity contribution in [3.05, 3.63) is 35.4 Å². The number of imide groups is 1. The van der Waals surface area contributed by atoms with Crippen LogP contribution in [0.5, 0.6) is 0 Å². The molecule has 2 saturated heterocycles. The van der Waals surface area contributed by atoms with E-state index in [4.69, 9.17) is 0 Å². The summed E-state index contributed by atoms with van der Waals surface area (Å²) in [4.78, 5) is 38.1. The van der Waals surface area contributed by atoms with Gasteiger partial charge in [0, 0.05) is 12.6 Å². The molecule has 3 N–H and O–H groups in total. The van der Waals surface area contributed by atoms with Crippen LogP contribution in [-0.4, -0.2) is 48.4 Å². The molecular formula is C18H24N4O3. The molecule has 1 aromatic rings. The van der Waals surface area contributed by atoms with Crippen LogP contribution in [0.2, 0.25) is 0 Å². The summed E-state index contributed by atoms with van der Waals surface area (Å²) in [5.41, 5.74) is 0.633. The van der Waals surface area contributed by atoms with E-state index < -0.39 is 17.5 Å². The Morgan fingerprint density at radius 2 is 2.04 bits per heavy atom. The lowest BCUT2D eigenvalue weighted by Gasteiger charge is -2.22. The van der Waals surface area contributed by atoms with Gasteiger partial charge in [0.1, 0.15) is 12.1 Å². The van der Waals surface area contributed by atoms with E-state index in [0.717, 1.165) is 29.8 Å². The molecule has 0 aliphatic carbocycles. The smallest absolute Gasteiger partial charge is 0.325 e. The third kappa shape index (κ3) is 3.51. The predicted octanol–water partition coefficient (Wildman–Crippen LogP) is 0.630. The molecular weight excluding hydrogens is 320 g/mol. The highest BCUT2D eigenvalue weighted by Crippen LogP contribution is 2.28. The Bertz CT molecular complexity index is 682. The Morgan fingerprint density at radius 1 is 1.32 bits per heavy atom. The first-order valence-corrected chi connectivity index (χ1v) is 8.61. The second-order valence-electron chi connectivity index (χ2n) is 6.91. The average molecular weight is 344 g/mol. The number of rotatable bonds is 5. The first kappa shape index (κ1) is 17.4. The van der Waals surface area contributed by atoms with Crippen molar-refractivity contribution in [2.45, 2.75) is 38.3 Å². The third-order valence-electron chi connectivity index (χ3n) is 4.91. The molecule has 7 nitrogen and oxygen atoms in total. The molecule has 134 valence electrons. The number of benzene rings is 1. The van der Waals surface area contributed by atoms with Crippen molar-refractivity contribution in [3.63, 3.8) is 0 Å². The van der Waals surface area contributed by atoms with Crippen molar-refractivity contribution < 1.29 is 14.4 Å². The number of carbonyl (C=O) groups excluding carboxylic acids is 3. The van der Waals surface area contributed by atoms with E-state index in [-0.39, 0.29) is 18.5 Å². The van der Waals surface area contributed by atoms with Crippen LogP contribution in [0, 0.1) is 6.92 Å². The Labute approximate surface area is 147 Å². The summed E-state index contributed by atoms with van der Waals surface area (Å²) >= 11 is 0. The summed E-state index contributed by atoms with van der Waals surface area (Å²) in [6.07, 6.45) is 2.12. The van der Waals surface area contributed by atoms with Crippen LogP contribution in [0.4, 0.5) is 4.79 Å². The van der Waals surface area contributed by atoms with Gasteiger partial charge in [-0.3, -0.25) is 14.5 Å². The molecule has 0 radical (unpaired) electrons. The van der Waals surface area contributed by atoms with Gasteiger partial charge in [-0.05, 0) is 38.8 Å². The van der Waals surface area contributed by atoms with Gasteiger partial charge in [-0.2, -0.15) is 0 Å². The molecule has 0 bridgehead atoms. The van der Waals surface area contributed by atoms with Crippen LogP contribution in [-0.2, 0) is 15.1 Å². The standard InChI is InChI=1S/C18H24N4O3/c1-12-5-7-13(8-6-12)18(2)16(24)22(17(25)21-18)11-15(23)20-10-14-4-3-9-19-14/h5-8,14,19H,3-4,9-11H2,1-2H3,(H,20,23)(H,21,25). The first-order chi connectivity index (χ1) is 11.9. The molecule has 0 aromatic heterocycles. The highest BCUT2D eigenvalue weighted by Gasteiger charge is 2.49. The average Bonchev–Trinajstić information content (AvgIpc) is 3.17. The van der Waals surface area contributed by atoms with Crippen LogP contribution in [0.3, 0.4) is 0 Å². The molecule has 0 spiro atoms. The van der Waals surface area contributed by atoms with Gasteiger partial charge in [0.2, 0.25) is 5.91 Å². The fourth-order valence-electron chi connectivity index (χ4n) is 3.29. The van der Waals surface area contributed by atoms with Crippen LogP contribution >= 0.6 is 0 Å². The van der Waals surface area contributed by atoms with Crippen molar-refractivity contribution in [1.29, 1.82) is 0 Å². The lowest BCUT2D eigenvalue weighted by atomic mass is 9.91. The molecule has 2 aliphatic heterocycles. The van der Waals surface area contributed by atoms with Gasteiger partial charge in [-0.1, -0.05) is 29.8 Å². The van der Waals surface area contributed by atoms with Crippen LogP contribution in [0.1, 0.15) is 30.9 Å². The number of hydrogen-bond donors (Lipinski definition) is 3. The molecule has 3 rings (SSSR count). The number of aryl methyl sites for hydroxylation is 1. The zero-order valence-corrected chi connectivity index (χ0v) is 14.6. The second-order valence-corrected chi connectivity index (χ2v) is 6.91. The van der Waals surface area contributed by atoms with Crippen molar-refractivity contribution >= 4 is 17.8 Å². The maximum atomic E-state index is 12.8. The van der Waals surface area contributed by atoms with Gasteiger partial charge in [0.15, 0.2) is 0 Å². The Kier molecular flexibility index (Phi) is 4.76. The molecule has 2 heterocycles. The van der Waals surface area contributed by atoms with Crippen LogP contribution in [0.25, 0.3) is 0 Å². The summed E-state index contributed by atoms with van der Waals surface area (Å²) in [7, 11) is 0. The number of carbonyl (C=O) groups is 3. The minimum Gasteiger partial charge on any atom is -0.353 e. The zero-order chi connectivity index (χ0) is 18.0. The Morgan fingerprint density at radius 3 is 2.68 bits per heavy atom. The van der Waals surface area contributed by atoms with E-state index >= 15 is 0 Å². The summed E-state index contributed by atoms with van der Waals surface area (Å²) < 4.78 is 0. The molecule has 2 fully saturated rings. The summed E-state index contributed by atoms with van der Waals surface area (Å²) in [5, 5.41) is 8.79. The Hall–Kier alpha value is -2.41. The van der Waals surface area contributed by atoms with Gasteiger partial charge in [0.05, 0.1) is 0 Å². The third-order valence-corrected chi connectivity index (χ3v) is 4.91. The number of urea groups is 1. The molecule has 2 unspecified atom stereocenters. The minimum absolute atomic E-state index is 0.265. The topological polar surface area (TPSA) is 90.5 Å². The van der Waals surface area contributed by atoms with E-state index in [9.17, 15) is 14.4 Å². The maximum Gasteiger partial charge on any atom is 0.325 e. The van der Waals surface area contributed by atoms with Crippen molar-refractivity contribution in [2.24, 2.45) is 0 Å². The Balaban J connectivity index is 1.64. The highest BCUT2D eigenvalue weighted by atomic mass is 16.2. The summed E-state index contributed by atoms with van der Waals surface area (Å²) in [5.74, 6) is -0.735. The van der Waals surface area contributed by atoms with Gasteiger partial charge in [-0.25, -0.2) is 4.79 Å².